The van der Waals surface area contributed by atoms with Crippen molar-refractivity contribution in [3.05, 3.63) is 53.6 Å². The summed E-state index contributed by atoms with van der Waals surface area (Å²) in [7, 11) is 0. The number of carboxylic acids is 1. The lowest BCUT2D eigenvalue weighted by Gasteiger charge is -2.39. The van der Waals surface area contributed by atoms with Crippen LogP contribution < -0.4 is 5.32 Å². The molecule has 5 nitrogen and oxygen atoms in total. The van der Waals surface area contributed by atoms with Crippen LogP contribution in [0.5, 0.6) is 0 Å². The van der Waals surface area contributed by atoms with Gasteiger partial charge in [-0.2, -0.15) is 13.2 Å². The molecule has 2 atom stereocenters. The molecule has 1 aromatic rings. The first kappa shape index (κ1) is 31.1. The van der Waals surface area contributed by atoms with Crippen LogP contribution in [0.1, 0.15) is 76.7 Å². The van der Waals surface area contributed by atoms with E-state index in [9.17, 15) is 22.8 Å². The molecule has 37 heavy (non-hydrogen) atoms. The Morgan fingerprint density at radius 1 is 1.00 bits per heavy atom. The topological polar surface area (TPSA) is 75.6 Å². The van der Waals surface area contributed by atoms with E-state index in [2.05, 4.69) is 28.2 Å². The molecule has 0 fully saturated rings. The summed E-state index contributed by atoms with van der Waals surface area (Å²) >= 11 is 2.78. The Kier molecular flexibility index (Phi) is 12.9. The fourth-order valence-corrected chi connectivity index (χ4v) is 4.95. The molecule has 0 bridgehead atoms. The second-order valence-electron chi connectivity index (χ2n) is 9.35. The van der Waals surface area contributed by atoms with Crippen LogP contribution in [-0.2, 0) is 14.3 Å². The first-order valence-corrected chi connectivity index (χ1v) is 13.8. The summed E-state index contributed by atoms with van der Waals surface area (Å²) in [5, 5.41) is 11.8. The lowest BCUT2D eigenvalue weighted by atomic mass is 9.83. The van der Waals surface area contributed by atoms with Gasteiger partial charge in [-0.25, -0.2) is 4.79 Å². The van der Waals surface area contributed by atoms with E-state index in [1.54, 1.807) is 30.3 Å². The Morgan fingerprint density at radius 3 is 2.11 bits per heavy atom. The molecule has 1 aliphatic carbocycles. The number of ether oxygens (including phenoxy) is 1. The number of halogens is 4. The Labute approximate surface area is 225 Å². The van der Waals surface area contributed by atoms with Gasteiger partial charge >= 0.3 is 12.1 Å². The molecule has 206 valence electrons. The van der Waals surface area contributed by atoms with E-state index < -0.39 is 35.1 Å². The summed E-state index contributed by atoms with van der Waals surface area (Å²) in [6, 6.07) is 8.20. The number of carbonyl (C=O) groups excluding carboxylic acids is 1. The number of carboxylic acid groups (broad SMARTS) is 1. The molecule has 0 aliphatic heterocycles. The Bertz CT molecular complexity index is 933. The van der Waals surface area contributed by atoms with Crippen LogP contribution in [0.15, 0.2) is 48.1 Å². The van der Waals surface area contributed by atoms with Crippen molar-refractivity contribution in [1.29, 1.82) is 0 Å². The minimum atomic E-state index is -4.87. The van der Waals surface area contributed by atoms with Crippen molar-refractivity contribution in [2.75, 3.05) is 13.2 Å². The zero-order chi connectivity index (χ0) is 27.3. The summed E-state index contributed by atoms with van der Waals surface area (Å²) in [5.74, 6) is -2.01. The molecule has 0 spiro atoms. The number of nitrogens with one attached hydrogen (secondary N) is 1. The molecule has 0 heterocycles. The van der Waals surface area contributed by atoms with Gasteiger partial charge in [0.2, 0.25) is 0 Å². The first-order valence-electron chi connectivity index (χ1n) is 13.0. The maximum absolute atomic E-state index is 14.3. The highest BCUT2D eigenvalue weighted by atomic mass is 79.9. The number of unbranched alkanes of at least 4 members (excludes halogenated alkanes) is 9. The van der Waals surface area contributed by atoms with Crippen LogP contribution in [0.3, 0.4) is 0 Å². The highest BCUT2D eigenvalue weighted by Crippen LogP contribution is 2.50. The molecule has 9 heteroatoms. The number of rotatable bonds is 16. The SMILES string of the molecule is CCCCCCCCCCCCNC(=O)C1=CC(Br)(C(F)(F)F)C(OCC(=O)O)C(c2ccccc2)=C1. The maximum atomic E-state index is 14.3. The molecule has 2 N–H and O–H groups in total. The standard InChI is InChI=1S/C28H37BrF3NO4/c1-2-3-4-5-6-7-8-9-10-14-17-33-26(36)22-18-23(21-15-12-11-13-16-21)25(37-20-24(34)35)27(29,19-22)28(30,31)32/h11-13,15-16,18-19,25H,2-10,14,17,20H2,1H3,(H,33,36)(H,34,35). The van der Waals surface area contributed by atoms with Gasteiger partial charge < -0.3 is 15.2 Å². The average Bonchev–Trinajstić information content (AvgIpc) is 2.85. The normalized spacial score (nSPS) is 19.8. The monoisotopic (exact) mass is 587 g/mol. The predicted octanol–water partition coefficient (Wildman–Crippen LogP) is 7.21. The van der Waals surface area contributed by atoms with Gasteiger partial charge in [-0.15, -0.1) is 0 Å². The molecule has 0 aromatic heterocycles. The highest BCUT2D eigenvalue weighted by molar-refractivity contribution is 9.10. The molecule has 1 aromatic carbocycles. The van der Waals surface area contributed by atoms with Crippen molar-refractivity contribution < 1.29 is 32.6 Å². The Morgan fingerprint density at radius 2 is 1.57 bits per heavy atom. The molecule has 1 amide bonds. The Balaban J connectivity index is 2.05. The second kappa shape index (κ2) is 15.3. The van der Waals surface area contributed by atoms with Crippen molar-refractivity contribution in [2.45, 2.75) is 87.7 Å². The number of aliphatic carboxylic acids is 1. The largest absolute Gasteiger partial charge is 0.480 e. The minimum absolute atomic E-state index is 0.0719. The molecule has 0 saturated heterocycles. The summed E-state index contributed by atoms with van der Waals surface area (Å²) in [6.45, 7) is 1.64. The summed E-state index contributed by atoms with van der Waals surface area (Å²) in [6.07, 6.45) is 6.96. The lowest BCUT2D eigenvalue weighted by molar-refractivity contribution is -0.171. The highest BCUT2D eigenvalue weighted by Gasteiger charge is 2.60. The van der Waals surface area contributed by atoms with Gasteiger partial charge in [-0.3, -0.25) is 4.79 Å². The average molecular weight is 589 g/mol. The van der Waals surface area contributed by atoms with Gasteiger partial charge in [0.15, 0.2) is 4.32 Å². The van der Waals surface area contributed by atoms with Crippen molar-refractivity contribution in [3.63, 3.8) is 0 Å². The molecule has 2 rings (SSSR count). The van der Waals surface area contributed by atoms with E-state index in [0.717, 1.165) is 31.8 Å². The predicted molar refractivity (Wildman–Crippen MR) is 142 cm³/mol. The van der Waals surface area contributed by atoms with E-state index in [1.807, 2.05) is 0 Å². The molecule has 1 aliphatic rings. The van der Waals surface area contributed by atoms with E-state index in [0.29, 0.717) is 12.1 Å². The number of alkyl halides is 4. The summed E-state index contributed by atoms with van der Waals surface area (Å²) in [5.41, 5.74) is 0.317. The number of hydrogen-bond acceptors (Lipinski definition) is 3. The van der Waals surface area contributed by atoms with Crippen LogP contribution >= 0.6 is 15.9 Å². The number of carbonyl (C=O) groups is 2. The lowest BCUT2D eigenvalue weighted by Crippen LogP contribution is -2.52. The molecular formula is C28H37BrF3NO4. The molecular weight excluding hydrogens is 551 g/mol. The zero-order valence-corrected chi connectivity index (χ0v) is 22.9. The van der Waals surface area contributed by atoms with Crippen molar-refractivity contribution in [2.24, 2.45) is 0 Å². The van der Waals surface area contributed by atoms with Gasteiger partial charge in [0, 0.05) is 12.1 Å². The molecule has 0 saturated carbocycles. The molecule has 0 radical (unpaired) electrons. The van der Waals surface area contributed by atoms with Crippen LogP contribution in [-0.4, -0.2) is 46.7 Å². The third kappa shape index (κ3) is 9.60. The smallest absolute Gasteiger partial charge is 0.410 e. The maximum Gasteiger partial charge on any atom is 0.410 e. The third-order valence-corrected chi connectivity index (χ3v) is 7.43. The summed E-state index contributed by atoms with van der Waals surface area (Å²) < 4.78 is 45.3. The van der Waals surface area contributed by atoms with Gasteiger partial charge in [-0.05, 0) is 29.7 Å². The number of amides is 1. The van der Waals surface area contributed by atoms with Crippen LogP contribution in [0.4, 0.5) is 13.2 Å². The van der Waals surface area contributed by atoms with E-state index in [4.69, 9.17) is 9.84 Å². The van der Waals surface area contributed by atoms with Crippen LogP contribution in [0, 0.1) is 0 Å². The summed E-state index contributed by atoms with van der Waals surface area (Å²) in [4.78, 5) is 24.0. The van der Waals surface area contributed by atoms with Gasteiger partial charge in [0.1, 0.15) is 12.7 Å². The fourth-order valence-electron chi connectivity index (χ4n) is 4.32. The van der Waals surface area contributed by atoms with Crippen molar-refractivity contribution in [1.82, 2.24) is 5.32 Å². The third-order valence-electron chi connectivity index (χ3n) is 6.33. The second-order valence-corrected chi connectivity index (χ2v) is 10.7. The van der Waals surface area contributed by atoms with Gasteiger partial charge in [0.05, 0.1) is 0 Å². The van der Waals surface area contributed by atoms with E-state index >= 15 is 0 Å². The van der Waals surface area contributed by atoms with Crippen LogP contribution in [0.25, 0.3) is 5.57 Å². The van der Waals surface area contributed by atoms with E-state index in [-0.39, 0.29) is 11.1 Å². The molecule has 2 unspecified atom stereocenters. The number of benzene rings is 1. The number of hydrogen-bond donors (Lipinski definition) is 2. The van der Waals surface area contributed by atoms with Gasteiger partial charge in [-0.1, -0.05) is 111 Å². The van der Waals surface area contributed by atoms with Crippen molar-refractivity contribution >= 4 is 33.4 Å². The van der Waals surface area contributed by atoms with Gasteiger partial charge in [0.25, 0.3) is 5.91 Å². The van der Waals surface area contributed by atoms with E-state index in [1.165, 1.54) is 44.6 Å². The zero-order valence-electron chi connectivity index (χ0n) is 21.3. The Hall–Kier alpha value is -2.13. The van der Waals surface area contributed by atoms with Crippen LogP contribution in [0.2, 0.25) is 0 Å². The fraction of sp³-hybridized carbons (Fsp3) is 0.571. The quantitative estimate of drug-likeness (QED) is 0.158. The van der Waals surface area contributed by atoms with Crippen molar-refractivity contribution in [3.8, 4) is 0 Å². The first-order chi connectivity index (χ1) is 17.6. The minimum Gasteiger partial charge on any atom is -0.480 e.